The molecule has 1 unspecified atom stereocenters. The fourth-order valence-electron chi connectivity index (χ4n) is 4.57. The number of hydrogen-bond acceptors (Lipinski definition) is 4. The first kappa shape index (κ1) is 18.9. The molecule has 0 saturated carbocycles. The summed E-state index contributed by atoms with van der Waals surface area (Å²) in [6, 6.07) is 7.96. The first-order chi connectivity index (χ1) is 13.6. The molecular formula is C22H27N3O3. The highest BCUT2D eigenvalue weighted by Crippen LogP contribution is 2.35. The van der Waals surface area contributed by atoms with Crippen molar-refractivity contribution in [2.75, 3.05) is 20.3 Å². The number of amides is 4. The summed E-state index contributed by atoms with van der Waals surface area (Å²) in [5.41, 5.74) is 3.85. The maximum Gasteiger partial charge on any atom is 0.335 e. The van der Waals surface area contributed by atoms with Crippen LogP contribution in [0.5, 0.6) is 0 Å². The van der Waals surface area contributed by atoms with Crippen LogP contribution in [-0.2, 0) is 16.0 Å². The highest BCUT2D eigenvalue weighted by atomic mass is 16.2. The molecule has 0 bridgehead atoms. The molecule has 0 aromatic heterocycles. The van der Waals surface area contributed by atoms with Gasteiger partial charge in [-0.2, -0.15) is 0 Å². The van der Waals surface area contributed by atoms with Gasteiger partial charge in [-0.05, 0) is 63.1 Å². The summed E-state index contributed by atoms with van der Waals surface area (Å²) in [5, 5.41) is 0. The third-order valence-electron chi connectivity index (χ3n) is 6.17. The minimum atomic E-state index is -0.708. The molecule has 2 aliphatic carbocycles. The molecule has 0 radical (unpaired) electrons. The topological polar surface area (TPSA) is 60.9 Å². The van der Waals surface area contributed by atoms with Crippen LogP contribution in [0.1, 0.15) is 55.7 Å². The Morgan fingerprint density at radius 3 is 2.61 bits per heavy atom. The third-order valence-corrected chi connectivity index (χ3v) is 6.17. The maximum absolute atomic E-state index is 12.8. The number of hydrogen-bond donors (Lipinski definition) is 0. The van der Waals surface area contributed by atoms with E-state index in [-0.39, 0.29) is 12.7 Å². The first-order valence-electron chi connectivity index (χ1n) is 10.2. The van der Waals surface area contributed by atoms with Crippen molar-refractivity contribution in [1.29, 1.82) is 0 Å². The standard InChI is InChI=1S/C22H27N3O3/c1-23(19-12-11-17-9-5-6-10-18(17)19)15-25-21(27)20(26)24(22(25)28)14-13-16-7-3-2-4-8-16/h5-7,9-10,19H,2-4,8,11-15H2,1H3. The van der Waals surface area contributed by atoms with Crippen LogP contribution in [0.2, 0.25) is 0 Å². The number of allylic oxidation sites excluding steroid dienone is 1. The lowest BCUT2D eigenvalue weighted by atomic mass is 9.97. The molecule has 1 saturated heterocycles. The molecule has 148 valence electrons. The molecule has 4 amide bonds. The number of rotatable bonds is 6. The van der Waals surface area contributed by atoms with E-state index < -0.39 is 17.8 Å². The van der Waals surface area contributed by atoms with Crippen LogP contribution in [0, 0.1) is 0 Å². The van der Waals surface area contributed by atoms with Crippen molar-refractivity contribution in [3.63, 3.8) is 0 Å². The SMILES string of the molecule is CN(CN1C(=O)C(=O)N(CCC2=CCCCC2)C1=O)C1CCc2ccccc21. The molecule has 4 rings (SSSR count). The van der Waals surface area contributed by atoms with Crippen LogP contribution < -0.4 is 0 Å². The number of carbonyl (C=O) groups excluding carboxylic acids is 3. The molecule has 6 heteroatoms. The number of carbonyl (C=O) groups is 3. The monoisotopic (exact) mass is 381 g/mol. The summed E-state index contributed by atoms with van der Waals surface area (Å²) in [4.78, 5) is 41.8. The van der Waals surface area contributed by atoms with Crippen LogP contribution in [0.15, 0.2) is 35.9 Å². The summed E-state index contributed by atoms with van der Waals surface area (Å²) in [5.74, 6) is -1.40. The Hall–Kier alpha value is -2.47. The van der Waals surface area contributed by atoms with Gasteiger partial charge in [-0.1, -0.05) is 35.9 Å². The average Bonchev–Trinajstić information content (AvgIpc) is 3.23. The van der Waals surface area contributed by atoms with E-state index in [9.17, 15) is 14.4 Å². The van der Waals surface area contributed by atoms with Crippen molar-refractivity contribution in [2.24, 2.45) is 0 Å². The fraction of sp³-hybridized carbons (Fsp3) is 0.500. The highest BCUT2D eigenvalue weighted by molar-refractivity contribution is 6.44. The Labute approximate surface area is 165 Å². The number of urea groups is 1. The molecule has 1 fully saturated rings. The second-order valence-corrected chi connectivity index (χ2v) is 7.98. The lowest BCUT2D eigenvalue weighted by Gasteiger charge is -2.28. The van der Waals surface area contributed by atoms with E-state index in [2.05, 4.69) is 18.2 Å². The predicted octanol–water partition coefficient (Wildman–Crippen LogP) is 3.24. The molecule has 1 heterocycles. The van der Waals surface area contributed by atoms with E-state index in [0.29, 0.717) is 13.0 Å². The van der Waals surface area contributed by atoms with E-state index >= 15 is 0 Å². The summed E-state index contributed by atoms with van der Waals surface area (Å²) in [6.45, 7) is 0.434. The summed E-state index contributed by atoms with van der Waals surface area (Å²) < 4.78 is 0. The van der Waals surface area contributed by atoms with Crippen molar-refractivity contribution in [1.82, 2.24) is 14.7 Å². The van der Waals surface area contributed by atoms with Gasteiger partial charge in [0, 0.05) is 12.6 Å². The predicted molar refractivity (Wildman–Crippen MR) is 105 cm³/mol. The lowest BCUT2D eigenvalue weighted by molar-refractivity contribution is -0.144. The van der Waals surface area contributed by atoms with Crippen molar-refractivity contribution >= 4 is 17.8 Å². The van der Waals surface area contributed by atoms with Crippen LogP contribution in [0.3, 0.4) is 0 Å². The third kappa shape index (κ3) is 3.49. The van der Waals surface area contributed by atoms with Gasteiger partial charge in [0.15, 0.2) is 0 Å². The van der Waals surface area contributed by atoms with E-state index in [1.54, 1.807) is 0 Å². The number of nitrogens with zero attached hydrogens (tertiary/aromatic N) is 3. The molecule has 1 atom stereocenters. The normalized spacial score (nSPS) is 22.3. The van der Waals surface area contributed by atoms with Gasteiger partial charge in [0.05, 0.1) is 6.67 Å². The van der Waals surface area contributed by atoms with Crippen molar-refractivity contribution in [3.05, 3.63) is 47.0 Å². The second kappa shape index (κ2) is 7.87. The molecule has 0 N–H and O–H groups in total. The maximum atomic E-state index is 12.8. The molecule has 1 aromatic carbocycles. The Kier molecular flexibility index (Phi) is 5.31. The summed E-state index contributed by atoms with van der Waals surface area (Å²) in [7, 11) is 1.91. The van der Waals surface area contributed by atoms with Gasteiger partial charge < -0.3 is 0 Å². The molecular weight excluding hydrogens is 354 g/mol. The van der Waals surface area contributed by atoms with Gasteiger partial charge in [0.2, 0.25) is 0 Å². The second-order valence-electron chi connectivity index (χ2n) is 7.98. The van der Waals surface area contributed by atoms with E-state index in [1.807, 2.05) is 24.1 Å². The van der Waals surface area contributed by atoms with Crippen molar-refractivity contribution in [3.8, 4) is 0 Å². The lowest BCUT2D eigenvalue weighted by Crippen LogP contribution is -2.42. The average molecular weight is 381 g/mol. The largest absolute Gasteiger partial charge is 0.335 e. The van der Waals surface area contributed by atoms with Gasteiger partial charge in [-0.3, -0.25) is 19.4 Å². The van der Waals surface area contributed by atoms with E-state index in [4.69, 9.17) is 0 Å². The van der Waals surface area contributed by atoms with Crippen LogP contribution in [-0.4, -0.2) is 52.8 Å². The minimum Gasteiger partial charge on any atom is -0.281 e. The quantitative estimate of drug-likeness (QED) is 0.431. The zero-order chi connectivity index (χ0) is 19.7. The number of aryl methyl sites for hydroxylation is 1. The highest BCUT2D eigenvalue weighted by Gasteiger charge is 2.45. The Morgan fingerprint density at radius 2 is 1.82 bits per heavy atom. The first-order valence-corrected chi connectivity index (χ1v) is 10.2. The Balaban J connectivity index is 1.41. The fourth-order valence-corrected chi connectivity index (χ4v) is 4.57. The van der Waals surface area contributed by atoms with Gasteiger partial charge in [0.25, 0.3) is 0 Å². The molecule has 0 spiro atoms. The van der Waals surface area contributed by atoms with Gasteiger partial charge in [0.1, 0.15) is 0 Å². The molecule has 1 aromatic rings. The van der Waals surface area contributed by atoms with Crippen molar-refractivity contribution in [2.45, 2.75) is 51.0 Å². The van der Waals surface area contributed by atoms with E-state index in [1.165, 1.54) is 23.1 Å². The Bertz CT molecular complexity index is 832. The summed E-state index contributed by atoms with van der Waals surface area (Å²) in [6.07, 6.45) is 9.28. The van der Waals surface area contributed by atoms with Crippen LogP contribution in [0.25, 0.3) is 0 Å². The van der Waals surface area contributed by atoms with Gasteiger partial charge >= 0.3 is 17.8 Å². The molecule has 28 heavy (non-hydrogen) atoms. The molecule has 1 aliphatic heterocycles. The minimum absolute atomic E-state index is 0.140. The number of imide groups is 2. The molecule has 3 aliphatic rings. The summed E-state index contributed by atoms with van der Waals surface area (Å²) >= 11 is 0. The zero-order valence-corrected chi connectivity index (χ0v) is 16.4. The van der Waals surface area contributed by atoms with Crippen molar-refractivity contribution < 1.29 is 14.4 Å². The smallest absolute Gasteiger partial charge is 0.281 e. The van der Waals surface area contributed by atoms with Crippen LogP contribution >= 0.6 is 0 Å². The van der Waals surface area contributed by atoms with E-state index in [0.717, 1.165) is 41.9 Å². The number of fused-ring (bicyclic) bond motifs is 1. The Morgan fingerprint density at radius 1 is 1.04 bits per heavy atom. The van der Waals surface area contributed by atoms with Crippen LogP contribution in [0.4, 0.5) is 4.79 Å². The zero-order valence-electron chi connectivity index (χ0n) is 16.4. The number of benzene rings is 1. The van der Waals surface area contributed by atoms with Gasteiger partial charge in [-0.25, -0.2) is 9.69 Å². The molecule has 6 nitrogen and oxygen atoms in total. The van der Waals surface area contributed by atoms with Gasteiger partial charge in [-0.15, -0.1) is 0 Å².